The highest BCUT2D eigenvalue weighted by molar-refractivity contribution is 6.08. The number of nitriles is 1. The standard InChI is InChI=1S/C16H16N2O5/c1-3-23-12-8-10(4-5-11(12)20)14-13(9(2)19)15(21)16(22)18(14)7-6-17/h4-5,8,14,20-21H,3,7H2,1-2H3/t14-/m0/s1. The zero-order valence-electron chi connectivity index (χ0n) is 12.7. The van der Waals surface area contributed by atoms with Gasteiger partial charge in [-0.3, -0.25) is 9.59 Å². The Labute approximate surface area is 133 Å². The van der Waals surface area contributed by atoms with E-state index >= 15 is 0 Å². The Hall–Kier alpha value is -3.01. The first-order valence-corrected chi connectivity index (χ1v) is 7.00. The second-order valence-corrected chi connectivity index (χ2v) is 4.97. The molecule has 7 heteroatoms. The summed E-state index contributed by atoms with van der Waals surface area (Å²) in [5.74, 6) is -1.77. The Morgan fingerprint density at radius 2 is 2.13 bits per heavy atom. The normalized spacial score (nSPS) is 17.3. The van der Waals surface area contributed by atoms with Crippen molar-refractivity contribution < 1.29 is 24.5 Å². The molecule has 0 radical (unpaired) electrons. The number of hydrogen-bond acceptors (Lipinski definition) is 6. The fourth-order valence-electron chi connectivity index (χ4n) is 2.57. The van der Waals surface area contributed by atoms with Gasteiger partial charge >= 0.3 is 0 Å². The molecule has 1 aromatic carbocycles. The summed E-state index contributed by atoms with van der Waals surface area (Å²) in [5.41, 5.74) is 0.391. The molecule has 23 heavy (non-hydrogen) atoms. The number of ketones is 1. The van der Waals surface area contributed by atoms with Crippen LogP contribution in [-0.4, -0.2) is 40.0 Å². The fourth-order valence-corrected chi connectivity index (χ4v) is 2.57. The van der Waals surface area contributed by atoms with Gasteiger partial charge in [0.2, 0.25) is 0 Å². The quantitative estimate of drug-likeness (QED) is 0.798. The lowest BCUT2D eigenvalue weighted by Crippen LogP contribution is -2.31. The van der Waals surface area contributed by atoms with Gasteiger partial charge in [-0.05, 0) is 31.5 Å². The van der Waals surface area contributed by atoms with Gasteiger partial charge in [-0.25, -0.2) is 0 Å². The molecule has 0 bridgehead atoms. The Morgan fingerprint density at radius 3 is 2.70 bits per heavy atom. The van der Waals surface area contributed by atoms with Gasteiger partial charge < -0.3 is 19.8 Å². The van der Waals surface area contributed by atoms with E-state index in [-0.39, 0.29) is 23.6 Å². The minimum atomic E-state index is -0.889. The van der Waals surface area contributed by atoms with Crippen LogP contribution >= 0.6 is 0 Å². The van der Waals surface area contributed by atoms with Crippen molar-refractivity contribution in [2.24, 2.45) is 0 Å². The van der Waals surface area contributed by atoms with Gasteiger partial charge in [0.05, 0.1) is 24.3 Å². The number of aromatic hydroxyl groups is 1. The first-order chi connectivity index (χ1) is 10.9. The lowest BCUT2D eigenvalue weighted by atomic mass is 9.96. The van der Waals surface area contributed by atoms with E-state index in [1.54, 1.807) is 6.92 Å². The van der Waals surface area contributed by atoms with Gasteiger partial charge in [0.25, 0.3) is 5.91 Å². The molecule has 0 unspecified atom stereocenters. The van der Waals surface area contributed by atoms with Gasteiger partial charge in [-0.15, -0.1) is 0 Å². The maximum absolute atomic E-state index is 12.1. The zero-order chi connectivity index (χ0) is 17.1. The highest BCUT2D eigenvalue weighted by Crippen LogP contribution is 2.40. The van der Waals surface area contributed by atoms with Crippen molar-refractivity contribution >= 4 is 11.7 Å². The second kappa shape index (κ2) is 6.40. The molecule has 0 fully saturated rings. The molecule has 0 aromatic heterocycles. The van der Waals surface area contributed by atoms with E-state index in [2.05, 4.69) is 0 Å². The van der Waals surface area contributed by atoms with E-state index in [9.17, 15) is 19.8 Å². The highest BCUT2D eigenvalue weighted by Gasteiger charge is 2.42. The van der Waals surface area contributed by atoms with Crippen LogP contribution in [0.25, 0.3) is 0 Å². The van der Waals surface area contributed by atoms with Crippen molar-refractivity contribution in [2.45, 2.75) is 19.9 Å². The third-order valence-corrected chi connectivity index (χ3v) is 3.52. The largest absolute Gasteiger partial charge is 0.504 e. The van der Waals surface area contributed by atoms with E-state index in [1.807, 2.05) is 6.07 Å². The number of phenolic OH excluding ortho intramolecular Hbond substituents is 1. The first kappa shape index (κ1) is 16.4. The van der Waals surface area contributed by atoms with Crippen LogP contribution < -0.4 is 4.74 Å². The number of Topliss-reactive ketones (excluding diaryl/α,β-unsaturated/α-hetero) is 1. The van der Waals surface area contributed by atoms with Crippen molar-refractivity contribution in [3.8, 4) is 17.6 Å². The summed E-state index contributed by atoms with van der Waals surface area (Å²) in [5, 5.41) is 28.6. The predicted molar refractivity (Wildman–Crippen MR) is 79.7 cm³/mol. The minimum absolute atomic E-state index is 0.0709. The maximum Gasteiger partial charge on any atom is 0.290 e. The van der Waals surface area contributed by atoms with Crippen molar-refractivity contribution in [3.63, 3.8) is 0 Å². The Kier molecular flexibility index (Phi) is 4.55. The number of amides is 1. The van der Waals surface area contributed by atoms with Crippen LogP contribution in [0.2, 0.25) is 0 Å². The van der Waals surface area contributed by atoms with Crippen LogP contribution in [0, 0.1) is 11.3 Å². The maximum atomic E-state index is 12.1. The number of ether oxygens (including phenoxy) is 1. The SMILES string of the molecule is CCOc1cc([C@H]2C(C(C)=O)=C(O)C(=O)N2CC#N)ccc1O. The molecule has 2 rings (SSSR count). The van der Waals surface area contributed by atoms with E-state index in [1.165, 1.54) is 25.1 Å². The highest BCUT2D eigenvalue weighted by atomic mass is 16.5. The third kappa shape index (κ3) is 2.83. The Morgan fingerprint density at radius 1 is 1.43 bits per heavy atom. The lowest BCUT2D eigenvalue weighted by molar-refractivity contribution is -0.128. The lowest BCUT2D eigenvalue weighted by Gasteiger charge is -2.24. The van der Waals surface area contributed by atoms with E-state index in [4.69, 9.17) is 10.00 Å². The molecule has 1 heterocycles. The van der Waals surface area contributed by atoms with Gasteiger partial charge in [0.15, 0.2) is 23.0 Å². The molecule has 2 N–H and O–H groups in total. The molecule has 1 aliphatic rings. The number of hydrogen-bond donors (Lipinski definition) is 2. The number of benzene rings is 1. The monoisotopic (exact) mass is 316 g/mol. The third-order valence-electron chi connectivity index (χ3n) is 3.52. The molecule has 7 nitrogen and oxygen atoms in total. The molecule has 0 saturated carbocycles. The number of rotatable bonds is 5. The minimum Gasteiger partial charge on any atom is -0.504 e. The van der Waals surface area contributed by atoms with Gasteiger partial charge in [0.1, 0.15) is 6.54 Å². The summed E-state index contributed by atoms with van der Waals surface area (Å²) < 4.78 is 5.30. The molecular formula is C16H16N2O5. The summed E-state index contributed by atoms with van der Waals surface area (Å²) in [6.07, 6.45) is 0. The van der Waals surface area contributed by atoms with Crippen molar-refractivity contribution in [1.82, 2.24) is 4.90 Å². The molecular weight excluding hydrogens is 300 g/mol. The molecule has 1 amide bonds. The van der Waals surface area contributed by atoms with Crippen LogP contribution in [0.4, 0.5) is 0 Å². The number of carbonyl (C=O) groups is 2. The van der Waals surface area contributed by atoms with Crippen LogP contribution in [0.15, 0.2) is 29.5 Å². The molecule has 0 aliphatic carbocycles. The van der Waals surface area contributed by atoms with Crippen LogP contribution in [0.5, 0.6) is 11.5 Å². The number of phenols is 1. The Balaban J connectivity index is 2.57. The number of carbonyl (C=O) groups excluding carboxylic acids is 2. The zero-order valence-corrected chi connectivity index (χ0v) is 12.7. The summed E-state index contributed by atoms with van der Waals surface area (Å²) in [4.78, 5) is 25.1. The molecule has 0 spiro atoms. The van der Waals surface area contributed by atoms with Crippen molar-refractivity contribution in [1.29, 1.82) is 5.26 Å². The van der Waals surface area contributed by atoms with Crippen molar-refractivity contribution in [3.05, 3.63) is 35.1 Å². The van der Waals surface area contributed by atoms with Crippen LogP contribution in [0.1, 0.15) is 25.5 Å². The summed E-state index contributed by atoms with van der Waals surface area (Å²) >= 11 is 0. The van der Waals surface area contributed by atoms with Gasteiger partial charge in [-0.2, -0.15) is 5.26 Å². The fraction of sp³-hybridized carbons (Fsp3) is 0.312. The predicted octanol–water partition coefficient (Wildman–Crippen LogP) is 1.60. The second-order valence-electron chi connectivity index (χ2n) is 4.97. The molecule has 0 saturated heterocycles. The average Bonchev–Trinajstić information content (AvgIpc) is 2.75. The molecule has 1 aliphatic heterocycles. The molecule has 1 aromatic rings. The number of aliphatic hydroxyl groups excluding tert-OH is 1. The first-order valence-electron chi connectivity index (χ1n) is 7.00. The molecule has 120 valence electrons. The number of aliphatic hydroxyl groups is 1. The Bertz CT molecular complexity index is 732. The van der Waals surface area contributed by atoms with Gasteiger partial charge in [-0.1, -0.05) is 6.07 Å². The summed E-state index contributed by atoms with van der Waals surface area (Å²) in [7, 11) is 0. The van der Waals surface area contributed by atoms with Crippen LogP contribution in [-0.2, 0) is 9.59 Å². The topological polar surface area (TPSA) is 111 Å². The van der Waals surface area contributed by atoms with E-state index in [0.717, 1.165) is 4.90 Å². The van der Waals surface area contributed by atoms with E-state index < -0.39 is 23.5 Å². The summed E-state index contributed by atoms with van der Waals surface area (Å²) in [6, 6.07) is 5.34. The summed E-state index contributed by atoms with van der Waals surface area (Å²) in [6.45, 7) is 3.03. The van der Waals surface area contributed by atoms with Crippen LogP contribution in [0.3, 0.4) is 0 Å². The average molecular weight is 316 g/mol. The molecule has 1 atom stereocenters. The smallest absolute Gasteiger partial charge is 0.290 e. The number of nitrogens with zero attached hydrogens (tertiary/aromatic N) is 2. The van der Waals surface area contributed by atoms with E-state index in [0.29, 0.717) is 12.2 Å². The van der Waals surface area contributed by atoms with Crippen molar-refractivity contribution in [2.75, 3.05) is 13.2 Å². The van der Waals surface area contributed by atoms with Gasteiger partial charge in [0, 0.05) is 0 Å².